The molecule has 3 aromatic rings. The molecule has 1 atom stereocenters. The van der Waals surface area contributed by atoms with E-state index in [-0.39, 0.29) is 18.2 Å². The highest BCUT2D eigenvalue weighted by Gasteiger charge is 2.39. The zero-order valence-electron chi connectivity index (χ0n) is 19.9. The van der Waals surface area contributed by atoms with E-state index in [0.717, 1.165) is 5.56 Å². The first-order valence-electron chi connectivity index (χ1n) is 11.7. The van der Waals surface area contributed by atoms with Crippen molar-refractivity contribution in [2.45, 2.75) is 50.2 Å². The van der Waals surface area contributed by atoms with E-state index in [2.05, 4.69) is 20.1 Å². The van der Waals surface area contributed by atoms with Crippen molar-refractivity contribution < 1.29 is 31.1 Å². The summed E-state index contributed by atoms with van der Waals surface area (Å²) < 4.78 is 85.9. The maximum absolute atomic E-state index is 13.3. The van der Waals surface area contributed by atoms with Gasteiger partial charge in [-0.15, -0.1) is 0 Å². The molecule has 0 amide bonds. The van der Waals surface area contributed by atoms with Crippen molar-refractivity contribution in [2.75, 3.05) is 19.7 Å². The number of nitrogens with one attached hydrogen (secondary N) is 2. The first-order valence-corrected chi connectivity index (χ1v) is 11.7. The molecular formula is C25H26F6N4O2. The number of alkyl halides is 6. The summed E-state index contributed by atoms with van der Waals surface area (Å²) in [6, 6.07) is 11.1. The minimum Gasteiger partial charge on any atom is -0.373 e. The average Bonchev–Trinajstić information content (AvgIpc) is 3.27. The summed E-state index contributed by atoms with van der Waals surface area (Å²) in [7, 11) is 0. The minimum absolute atomic E-state index is 0.114. The first kappa shape index (κ1) is 26.9. The van der Waals surface area contributed by atoms with Crippen molar-refractivity contribution in [2.24, 2.45) is 0 Å². The van der Waals surface area contributed by atoms with Crippen molar-refractivity contribution in [3.63, 3.8) is 0 Å². The maximum Gasteiger partial charge on any atom is 0.416 e. The third-order valence-electron chi connectivity index (χ3n) is 6.81. The fourth-order valence-corrected chi connectivity index (χ4v) is 4.63. The van der Waals surface area contributed by atoms with Crippen LogP contribution in [-0.4, -0.2) is 39.8 Å². The topological polar surface area (TPSA) is 74.0 Å². The SMILES string of the molecule is CC(OCC1(c2ccccc2)CCN(Cc2n[nH]c(=O)[nH]2)CC1)c1cc(C(F)(F)F)cc(C(F)(F)F)c1. The van der Waals surface area contributed by atoms with Gasteiger partial charge in [0.2, 0.25) is 0 Å². The number of halogens is 6. The normalized spacial score (nSPS) is 17.6. The molecule has 2 aromatic carbocycles. The van der Waals surface area contributed by atoms with E-state index < -0.39 is 40.7 Å². The molecule has 37 heavy (non-hydrogen) atoms. The zero-order chi connectivity index (χ0) is 26.8. The fraction of sp³-hybridized carbons (Fsp3) is 0.440. The highest BCUT2D eigenvalue weighted by atomic mass is 19.4. The van der Waals surface area contributed by atoms with Crippen LogP contribution in [0.2, 0.25) is 0 Å². The number of hydrogen-bond acceptors (Lipinski definition) is 4. The summed E-state index contributed by atoms with van der Waals surface area (Å²) in [5.74, 6) is 0.507. The average molecular weight is 528 g/mol. The number of H-pyrrole nitrogens is 2. The lowest BCUT2D eigenvalue weighted by Crippen LogP contribution is -2.45. The fourth-order valence-electron chi connectivity index (χ4n) is 4.63. The van der Waals surface area contributed by atoms with Crippen LogP contribution in [0.15, 0.2) is 53.3 Å². The van der Waals surface area contributed by atoms with E-state index in [0.29, 0.717) is 50.4 Å². The first-order chi connectivity index (χ1) is 17.4. The van der Waals surface area contributed by atoms with Gasteiger partial charge >= 0.3 is 18.0 Å². The molecule has 1 fully saturated rings. The molecular weight excluding hydrogens is 502 g/mol. The van der Waals surface area contributed by atoms with Crippen LogP contribution in [0.4, 0.5) is 26.3 Å². The van der Waals surface area contributed by atoms with Crippen LogP contribution in [0.5, 0.6) is 0 Å². The summed E-state index contributed by atoms with van der Waals surface area (Å²) >= 11 is 0. The Kier molecular flexibility index (Phi) is 7.52. The Morgan fingerprint density at radius 2 is 1.59 bits per heavy atom. The molecule has 1 saturated heterocycles. The lowest BCUT2D eigenvalue weighted by Gasteiger charge is -2.42. The number of likely N-dealkylation sites (tertiary alicyclic amines) is 1. The molecule has 200 valence electrons. The quantitative estimate of drug-likeness (QED) is 0.400. The molecule has 1 aliphatic heterocycles. The summed E-state index contributed by atoms with van der Waals surface area (Å²) in [6.45, 7) is 3.26. The van der Waals surface area contributed by atoms with E-state index in [1.54, 1.807) is 0 Å². The number of piperidine rings is 1. The van der Waals surface area contributed by atoms with Crippen LogP contribution < -0.4 is 5.69 Å². The predicted octanol–water partition coefficient (Wildman–Crippen LogP) is 5.45. The zero-order valence-corrected chi connectivity index (χ0v) is 19.9. The van der Waals surface area contributed by atoms with E-state index in [1.807, 2.05) is 30.3 Å². The van der Waals surface area contributed by atoms with Gasteiger partial charge in [0.05, 0.1) is 30.4 Å². The molecule has 1 aromatic heterocycles. The number of rotatable bonds is 7. The molecule has 1 unspecified atom stereocenters. The number of ether oxygens (including phenoxy) is 1. The molecule has 0 bridgehead atoms. The Morgan fingerprint density at radius 1 is 1.00 bits per heavy atom. The number of hydrogen-bond donors (Lipinski definition) is 2. The summed E-state index contributed by atoms with van der Waals surface area (Å²) in [5.41, 5.74) is -2.82. The molecule has 0 radical (unpaired) electrons. The third-order valence-corrected chi connectivity index (χ3v) is 6.81. The van der Waals surface area contributed by atoms with Gasteiger partial charge in [-0.3, -0.25) is 9.88 Å². The lowest BCUT2D eigenvalue weighted by molar-refractivity contribution is -0.143. The van der Waals surface area contributed by atoms with E-state index in [9.17, 15) is 31.1 Å². The standard InChI is InChI=1S/C25H26F6N4O2/c1-16(17-11-19(24(26,27)28)13-20(12-17)25(29,30)31)37-15-23(18-5-3-2-4-6-18)7-9-35(10-8-23)14-21-32-22(36)34-33-21/h2-6,11-13,16H,7-10,14-15H2,1H3,(H2,32,33,34,36). The van der Waals surface area contributed by atoms with E-state index in [4.69, 9.17) is 4.74 Å². The Labute approximate surface area is 208 Å². The van der Waals surface area contributed by atoms with Gasteiger partial charge in [-0.1, -0.05) is 30.3 Å². The van der Waals surface area contributed by atoms with Gasteiger partial charge in [-0.2, -0.15) is 31.4 Å². The Balaban J connectivity index is 1.53. The second-order valence-corrected chi connectivity index (χ2v) is 9.34. The van der Waals surface area contributed by atoms with Crippen LogP contribution in [0.25, 0.3) is 0 Å². The van der Waals surface area contributed by atoms with Crippen LogP contribution in [0, 0.1) is 0 Å². The molecule has 1 aliphatic rings. The molecule has 12 heteroatoms. The van der Waals surface area contributed by atoms with Crippen molar-refractivity contribution in [1.29, 1.82) is 0 Å². The predicted molar refractivity (Wildman–Crippen MR) is 123 cm³/mol. The second kappa shape index (κ2) is 10.3. The van der Waals surface area contributed by atoms with Crippen LogP contribution >= 0.6 is 0 Å². The minimum atomic E-state index is -4.92. The van der Waals surface area contributed by atoms with Gasteiger partial charge < -0.3 is 4.74 Å². The molecule has 2 N–H and O–H groups in total. The summed E-state index contributed by atoms with van der Waals surface area (Å²) in [6.07, 6.45) is -9.58. The molecule has 0 aliphatic carbocycles. The van der Waals surface area contributed by atoms with Gasteiger partial charge in [0.1, 0.15) is 5.82 Å². The molecule has 4 rings (SSSR count). The number of benzene rings is 2. The highest BCUT2D eigenvalue weighted by molar-refractivity contribution is 5.35. The number of aromatic nitrogens is 3. The number of nitrogens with zero attached hydrogens (tertiary/aromatic N) is 2. The van der Waals surface area contributed by atoms with Crippen molar-refractivity contribution in [1.82, 2.24) is 20.1 Å². The van der Waals surface area contributed by atoms with Gasteiger partial charge in [-0.05, 0) is 62.2 Å². The monoisotopic (exact) mass is 528 g/mol. The van der Waals surface area contributed by atoms with Crippen molar-refractivity contribution >= 4 is 0 Å². The van der Waals surface area contributed by atoms with Crippen LogP contribution in [-0.2, 0) is 29.0 Å². The molecule has 6 nitrogen and oxygen atoms in total. The Hall–Kier alpha value is -3.12. The molecule has 2 heterocycles. The maximum atomic E-state index is 13.3. The van der Waals surface area contributed by atoms with Gasteiger partial charge in [-0.25, -0.2) is 9.89 Å². The Bertz CT molecular complexity index is 1210. The van der Waals surface area contributed by atoms with E-state index in [1.165, 1.54) is 6.92 Å². The highest BCUT2D eigenvalue weighted by Crippen LogP contribution is 2.40. The summed E-state index contributed by atoms with van der Waals surface area (Å²) in [4.78, 5) is 16.0. The third kappa shape index (κ3) is 6.42. The van der Waals surface area contributed by atoms with Crippen molar-refractivity contribution in [3.05, 3.63) is 87.1 Å². The van der Waals surface area contributed by atoms with E-state index >= 15 is 0 Å². The number of aromatic amines is 2. The smallest absolute Gasteiger partial charge is 0.373 e. The van der Waals surface area contributed by atoms with Gasteiger partial charge in [0, 0.05) is 5.41 Å². The molecule has 0 saturated carbocycles. The van der Waals surface area contributed by atoms with Crippen LogP contribution in [0.3, 0.4) is 0 Å². The largest absolute Gasteiger partial charge is 0.416 e. The Morgan fingerprint density at radius 3 is 2.11 bits per heavy atom. The van der Waals surface area contributed by atoms with Gasteiger partial charge in [0.25, 0.3) is 0 Å². The van der Waals surface area contributed by atoms with Crippen LogP contribution in [0.1, 0.15) is 53.9 Å². The van der Waals surface area contributed by atoms with Crippen molar-refractivity contribution in [3.8, 4) is 0 Å². The van der Waals surface area contributed by atoms with Gasteiger partial charge in [0.15, 0.2) is 0 Å². The molecule has 0 spiro atoms. The summed E-state index contributed by atoms with van der Waals surface area (Å²) in [5, 5.41) is 6.25. The lowest BCUT2D eigenvalue weighted by atomic mass is 9.73. The second-order valence-electron chi connectivity index (χ2n) is 9.34.